The van der Waals surface area contributed by atoms with Gasteiger partial charge in [0.2, 0.25) is 0 Å². The number of carbonyl (C=O) groups excluding carboxylic acids is 2. The Bertz CT molecular complexity index is 1110. The van der Waals surface area contributed by atoms with Crippen LogP contribution in [0.25, 0.3) is 10.9 Å². The highest BCUT2D eigenvalue weighted by atomic mass is 16.2. The van der Waals surface area contributed by atoms with E-state index in [1.54, 1.807) is 33.2 Å². The lowest BCUT2D eigenvalue weighted by Gasteiger charge is -2.32. The number of benzene rings is 1. The van der Waals surface area contributed by atoms with E-state index >= 15 is 0 Å². The van der Waals surface area contributed by atoms with Crippen molar-refractivity contribution >= 4 is 22.7 Å². The molecule has 0 unspecified atom stereocenters. The number of likely N-dealkylation sites (tertiary alicyclic amines) is 1. The molecule has 3 heterocycles. The van der Waals surface area contributed by atoms with Crippen molar-refractivity contribution in [3.05, 3.63) is 64.6 Å². The summed E-state index contributed by atoms with van der Waals surface area (Å²) in [5, 5.41) is 1.29. The standard InChI is InChI=1S/C24H28N4O2/c1-15-18(9-10-21(25-15)24(30)27(3)4)23(29)28-13-11-17(12-14-28)22-16(2)26-20-8-6-5-7-19(20)22/h5-10,17,26H,11-14H2,1-4H3. The molecule has 2 aromatic heterocycles. The van der Waals surface area contributed by atoms with Gasteiger partial charge in [-0.05, 0) is 56.4 Å². The Morgan fingerprint density at radius 1 is 1.07 bits per heavy atom. The summed E-state index contributed by atoms with van der Waals surface area (Å²) < 4.78 is 0. The molecule has 0 bridgehead atoms. The van der Waals surface area contributed by atoms with E-state index in [2.05, 4.69) is 41.2 Å². The van der Waals surface area contributed by atoms with Crippen LogP contribution in [-0.2, 0) is 0 Å². The van der Waals surface area contributed by atoms with Gasteiger partial charge in [0.25, 0.3) is 11.8 Å². The van der Waals surface area contributed by atoms with E-state index in [1.807, 2.05) is 4.90 Å². The van der Waals surface area contributed by atoms with Crippen LogP contribution >= 0.6 is 0 Å². The lowest BCUT2D eigenvalue weighted by Crippen LogP contribution is -2.38. The third kappa shape index (κ3) is 3.58. The second-order valence-corrected chi connectivity index (χ2v) is 8.30. The van der Waals surface area contributed by atoms with E-state index < -0.39 is 0 Å². The van der Waals surface area contributed by atoms with Gasteiger partial charge in [-0.1, -0.05) is 18.2 Å². The van der Waals surface area contributed by atoms with Crippen LogP contribution in [0.4, 0.5) is 0 Å². The van der Waals surface area contributed by atoms with Crippen LogP contribution in [0.15, 0.2) is 36.4 Å². The van der Waals surface area contributed by atoms with Crippen LogP contribution in [0.3, 0.4) is 0 Å². The zero-order valence-corrected chi connectivity index (χ0v) is 18.0. The van der Waals surface area contributed by atoms with E-state index in [4.69, 9.17) is 0 Å². The van der Waals surface area contributed by atoms with E-state index in [9.17, 15) is 9.59 Å². The Kier molecular flexibility index (Phi) is 5.33. The Labute approximate surface area is 176 Å². The van der Waals surface area contributed by atoms with Gasteiger partial charge in [0, 0.05) is 43.8 Å². The number of nitrogens with one attached hydrogen (secondary N) is 1. The normalized spacial score (nSPS) is 14.9. The summed E-state index contributed by atoms with van der Waals surface area (Å²) in [5.74, 6) is 0.287. The molecule has 0 saturated carbocycles. The van der Waals surface area contributed by atoms with Gasteiger partial charge in [0.15, 0.2) is 0 Å². The molecule has 6 nitrogen and oxygen atoms in total. The first kappa shape index (κ1) is 20.1. The maximum absolute atomic E-state index is 13.1. The summed E-state index contributed by atoms with van der Waals surface area (Å²) in [7, 11) is 3.38. The number of piperidine rings is 1. The number of aromatic nitrogens is 2. The molecule has 3 aromatic rings. The second kappa shape index (κ2) is 7.94. The van der Waals surface area contributed by atoms with Gasteiger partial charge in [-0.15, -0.1) is 0 Å². The van der Waals surface area contributed by atoms with E-state index in [0.29, 0.717) is 22.9 Å². The van der Waals surface area contributed by atoms with Crippen LogP contribution in [0, 0.1) is 13.8 Å². The minimum absolute atomic E-state index is 0.00190. The van der Waals surface area contributed by atoms with Crippen LogP contribution in [0.1, 0.15) is 56.6 Å². The molecule has 1 aromatic carbocycles. The minimum atomic E-state index is -0.160. The molecule has 1 aliphatic rings. The monoisotopic (exact) mass is 404 g/mol. The smallest absolute Gasteiger partial charge is 0.271 e. The molecule has 4 rings (SSSR count). The molecule has 1 N–H and O–H groups in total. The van der Waals surface area contributed by atoms with Gasteiger partial charge in [0.1, 0.15) is 5.69 Å². The van der Waals surface area contributed by atoms with E-state index in [1.165, 1.54) is 27.1 Å². The van der Waals surface area contributed by atoms with Crippen molar-refractivity contribution in [3.8, 4) is 0 Å². The minimum Gasteiger partial charge on any atom is -0.358 e. The Morgan fingerprint density at radius 3 is 2.43 bits per heavy atom. The lowest BCUT2D eigenvalue weighted by molar-refractivity contribution is 0.0710. The summed E-state index contributed by atoms with van der Waals surface area (Å²) >= 11 is 0. The number of rotatable bonds is 3. The number of pyridine rings is 1. The molecular weight excluding hydrogens is 376 g/mol. The van der Waals surface area contributed by atoms with Gasteiger partial charge in [-0.2, -0.15) is 0 Å². The number of fused-ring (bicyclic) bond motifs is 1. The highest BCUT2D eigenvalue weighted by molar-refractivity contribution is 5.97. The average Bonchev–Trinajstić information content (AvgIpc) is 3.08. The summed E-state index contributed by atoms with van der Waals surface area (Å²) in [6, 6.07) is 11.8. The first-order valence-electron chi connectivity index (χ1n) is 10.4. The van der Waals surface area contributed by atoms with Crippen LogP contribution in [0.5, 0.6) is 0 Å². The van der Waals surface area contributed by atoms with Crippen LogP contribution < -0.4 is 0 Å². The number of aromatic amines is 1. The fraction of sp³-hybridized carbons (Fsp3) is 0.375. The van der Waals surface area contributed by atoms with Crippen molar-refractivity contribution in [2.45, 2.75) is 32.6 Å². The molecule has 0 radical (unpaired) electrons. The molecule has 156 valence electrons. The molecule has 6 heteroatoms. The number of para-hydroxylation sites is 1. The molecule has 1 aliphatic heterocycles. The van der Waals surface area contributed by atoms with Gasteiger partial charge < -0.3 is 14.8 Å². The molecule has 1 saturated heterocycles. The summed E-state index contributed by atoms with van der Waals surface area (Å²) in [4.78, 5) is 36.5. The second-order valence-electron chi connectivity index (χ2n) is 8.30. The number of hydrogen-bond acceptors (Lipinski definition) is 3. The topological polar surface area (TPSA) is 69.3 Å². The van der Waals surface area contributed by atoms with Crippen molar-refractivity contribution < 1.29 is 9.59 Å². The zero-order chi connectivity index (χ0) is 21.4. The average molecular weight is 405 g/mol. The molecule has 0 spiro atoms. The maximum Gasteiger partial charge on any atom is 0.271 e. The number of hydrogen-bond donors (Lipinski definition) is 1. The molecule has 0 aliphatic carbocycles. The predicted octanol–water partition coefficient (Wildman–Crippen LogP) is 3.90. The van der Waals surface area contributed by atoms with E-state index in [0.717, 1.165) is 25.9 Å². The predicted molar refractivity (Wildman–Crippen MR) is 118 cm³/mol. The SMILES string of the molecule is Cc1nc(C(=O)N(C)C)ccc1C(=O)N1CCC(c2c(C)[nH]c3ccccc23)CC1. The maximum atomic E-state index is 13.1. The Morgan fingerprint density at radius 2 is 1.77 bits per heavy atom. The number of amides is 2. The van der Waals surface area contributed by atoms with Crippen molar-refractivity contribution in [2.24, 2.45) is 0 Å². The van der Waals surface area contributed by atoms with Crippen LogP contribution in [-0.4, -0.2) is 58.8 Å². The zero-order valence-electron chi connectivity index (χ0n) is 18.0. The largest absolute Gasteiger partial charge is 0.358 e. The van der Waals surface area contributed by atoms with Crippen molar-refractivity contribution in [1.82, 2.24) is 19.8 Å². The number of carbonyl (C=O) groups is 2. The molecular formula is C24H28N4O2. The first-order chi connectivity index (χ1) is 14.4. The quantitative estimate of drug-likeness (QED) is 0.720. The molecule has 30 heavy (non-hydrogen) atoms. The van der Waals surface area contributed by atoms with Gasteiger partial charge in [0.05, 0.1) is 11.3 Å². The molecule has 2 amide bonds. The number of aryl methyl sites for hydroxylation is 2. The van der Waals surface area contributed by atoms with Crippen molar-refractivity contribution in [2.75, 3.05) is 27.2 Å². The van der Waals surface area contributed by atoms with Gasteiger partial charge in [-0.25, -0.2) is 4.98 Å². The Hall–Kier alpha value is -3.15. The first-order valence-corrected chi connectivity index (χ1v) is 10.4. The van der Waals surface area contributed by atoms with Crippen LogP contribution in [0.2, 0.25) is 0 Å². The third-order valence-electron chi connectivity index (χ3n) is 6.08. The van der Waals surface area contributed by atoms with E-state index in [-0.39, 0.29) is 11.8 Å². The summed E-state index contributed by atoms with van der Waals surface area (Å²) in [5.41, 5.74) is 5.33. The third-order valence-corrected chi connectivity index (χ3v) is 6.08. The fourth-order valence-electron chi connectivity index (χ4n) is 4.50. The number of H-pyrrole nitrogens is 1. The van der Waals surface area contributed by atoms with Gasteiger partial charge >= 0.3 is 0 Å². The molecule has 0 atom stereocenters. The molecule has 1 fully saturated rings. The van der Waals surface area contributed by atoms with Crippen molar-refractivity contribution in [1.29, 1.82) is 0 Å². The number of nitrogens with zero attached hydrogens (tertiary/aromatic N) is 3. The van der Waals surface area contributed by atoms with Gasteiger partial charge in [-0.3, -0.25) is 9.59 Å². The summed E-state index contributed by atoms with van der Waals surface area (Å²) in [6.45, 7) is 5.38. The lowest BCUT2D eigenvalue weighted by atomic mass is 9.87. The van der Waals surface area contributed by atoms with Crippen molar-refractivity contribution in [3.63, 3.8) is 0 Å². The summed E-state index contributed by atoms with van der Waals surface area (Å²) in [6.07, 6.45) is 1.89. The fourth-order valence-corrected chi connectivity index (χ4v) is 4.50. The highest BCUT2D eigenvalue weighted by Crippen LogP contribution is 2.35. The Balaban J connectivity index is 1.48. The highest BCUT2D eigenvalue weighted by Gasteiger charge is 2.28.